The van der Waals surface area contributed by atoms with E-state index in [2.05, 4.69) is 21.3 Å². The fourth-order valence-corrected chi connectivity index (χ4v) is 6.88. The van der Waals surface area contributed by atoms with E-state index in [4.69, 9.17) is 5.73 Å². The van der Waals surface area contributed by atoms with Crippen molar-refractivity contribution in [3.05, 3.63) is 83.7 Å². The Hall–Kier alpha value is -5.15. The van der Waals surface area contributed by atoms with Crippen molar-refractivity contribution in [3.8, 4) is 11.1 Å². The second-order valence-corrected chi connectivity index (χ2v) is 16.0. The minimum atomic E-state index is -0.986. The van der Waals surface area contributed by atoms with Crippen LogP contribution in [0, 0.1) is 23.0 Å². The fourth-order valence-electron chi connectivity index (χ4n) is 6.88. The number of hydrogen-bond acceptors (Lipinski definition) is 7. The van der Waals surface area contributed by atoms with Crippen LogP contribution < -0.4 is 27.0 Å². The highest BCUT2D eigenvalue weighted by atomic mass is 19.1. The second-order valence-electron chi connectivity index (χ2n) is 16.0. The lowest BCUT2D eigenvalue weighted by Gasteiger charge is -2.41. The quantitative estimate of drug-likeness (QED) is 0.0872. The molecule has 0 saturated carbocycles. The number of aliphatic hydroxyl groups is 1. The first-order valence-electron chi connectivity index (χ1n) is 19.8. The van der Waals surface area contributed by atoms with Gasteiger partial charge in [0.15, 0.2) is 0 Å². The van der Waals surface area contributed by atoms with Gasteiger partial charge in [0.25, 0.3) is 0 Å². The summed E-state index contributed by atoms with van der Waals surface area (Å²) in [5.74, 6) is -4.06. The van der Waals surface area contributed by atoms with Crippen molar-refractivity contribution in [3.63, 3.8) is 0 Å². The first kappa shape index (κ1) is 47.2. The third-order valence-corrected chi connectivity index (χ3v) is 9.75. The number of amides is 5. The van der Waals surface area contributed by atoms with Gasteiger partial charge in [-0.05, 0) is 80.3 Å². The number of carbonyl (C=O) groups excluding carboxylic acids is 5. The summed E-state index contributed by atoms with van der Waals surface area (Å²) < 4.78 is 31.3. The van der Waals surface area contributed by atoms with Crippen LogP contribution in [0.1, 0.15) is 91.4 Å². The van der Waals surface area contributed by atoms with Crippen LogP contribution in [-0.4, -0.2) is 88.5 Å². The number of nitrogens with one attached hydrogen (secondary N) is 4. The zero-order valence-corrected chi connectivity index (χ0v) is 34.7. The van der Waals surface area contributed by atoms with Crippen molar-refractivity contribution in [2.75, 3.05) is 26.2 Å². The van der Waals surface area contributed by atoms with Gasteiger partial charge in [0.05, 0.1) is 6.04 Å². The van der Waals surface area contributed by atoms with E-state index in [1.165, 1.54) is 13.8 Å². The van der Waals surface area contributed by atoms with Crippen LogP contribution >= 0.6 is 0 Å². The van der Waals surface area contributed by atoms with Gasteiger partial charge in [0.1, 0.15) is 36.4 Å². The van der Waals surface area contributed by atoms with E-state index in [1.54, 1.807) is 31.0 Å². The monoisotopic (exact) mass is 809 g/mol. The van der Waals surface area contributed by atoms with Crippen LogP contribution in [0.5, 0.6) is 0 Å². The van der Waals surface area contributed by atoms with Crippen LogP contribution in [-0.2, 0) is 30.5 Å². The lowest BCUT2D eigenvalue weighted by molar-refractivity contribution is -0.139. The summed E-state index contributed by atoms with van der Waals surface area (Å²) in [7, 11) is 0. The molecule has 13 nitrogen and oxygen atoms in total. The van der Waals surface area contributed by atoms with Gasteiger partial charge in [0, 0.05) is 49.6 Å². The van der Waals surface area contributed by atoms with Crippen LogP contribution in [0.4, 0.5) is 8.78 Å². The average molecular weight is 810 g/mol. The normalized spacial score (nSPS) is 13.6. The van der Waals surface area contributed by atoms with Gasteiger partial charge in [-0.3, -0.25) is 24.0 Å². The molecule has 0 bridgehead atoms. The predicted octanol–water partition coefficient (Wildman–Crippen LogP) is 4.18. The van der Waals surface area contributed by atoms with Gasteiger partial charge >= 0.3 is 0 Å². The molecular formula is C43H61F2N7O6. The predicted molar refractivity (Wildman–Crippen MR) is 219 cm³/mol. The molecule has 0 aliphatic heterocycles. The van der Waals surface area contributed by atoms with Gasteiger partial charge in [-0.1, -0.05) is 65.0 Å². The Kier molecular flexibility index (Phi) is 18.0. The first-order chi connectivity index (χ1) is 27.4. The van der Waals surface area contributed by atoms with E-state index in [0.29, 0.717) is 43.6 Å². The largest absolute Gasteiger partial charge is 0.387 e. The van der Waals surface area contributed by atoms with Gasteiger partial charge in [0.2, 0.25) is 29.5 Å². The molecule has 318 valence electrons. The highest BCUT2D eigenvalue weighted by molar-refractivity contribution is 5.94. The molecular weight excluding hydrogens is 749 g/mol. The summed E-state index contributed by atoms with van der Waals surface area (Å²) in [6.45, 7) is 12.4. The van der Waals surface area contributed by atoms with Crippen molar-refractivity contribution in [2.24, 2.45) is 17.1 Å². The van der Waals surface area contributed by atoms with Gasteiger partial charge < -0.3 is 41.6 Å². The standard InChI is InChI=1S/C43H61F2N7O6/c1-27(2)38(50-41(57)35(49-29(4)54)16-11-12-19-46)42(58)48-28(3)40(56)47-20-13-21-52(37(55)26-53)39(43(5,6)7)36-22-31(33-23-32(44)17-18-34(33)45)25-51(36)24-30-14-9-8-10-15-30/h8-10,14-15,17-18,22-23,25,27-28,35,38-39,53H,11-13,16,19-21,24,26,46H2,1-7H3,(H,47,56)(H,48,58)(H,49,54)(H,50,57)/t28-,35-,38-,39-/m0/s1. The lowest BCUT2D eigenvalue weighted by atomic mass is 9.83. The summed E-state index contributed by atoms with van der Waals surface area (Å²) in [4.78, 5) is 66.4. The molecule has 4 atom stereocenters. The van der Waals surface area contributed by atoms with Crippen molar-refractivity contribution in [1.29, 1.82) is 0 Å². The third kappa shape index (κ3) is 13.8. The Balaban J connectivity index is 1.77. The van der Waals surface area contributed by atoms with Crippen LogP contribution in [0.15, 0.2) is 60.8 Å². The number of nitrogens with two attached hydrogens (primary N) is 1. The number of carbonyl (C=O) groups is 5. The molecule has 1 heterocycles. The summed E-state index contributed by atoms with van der Waals surface area (Å²) in [6.07, 6.45) is 3.63. The molecule has 0 radical (unpaired) electrons. The molecule has 5 amide bonds. The first-order valence-corrected chi connectivity index (χ1v) is 19.8. The summed E-state index contributed by atoms with van der Waals surface area (Å²) in [5.41, 5.74) is 7.03. The summed E-state index contributed by atoms with van der Waals surface area (Å²) in [5, 5.41) is 20.9. The Bertz CT molecular complexity index is 1850. The molecule has 0 saturated heterocycles. The Labute approximate surface area is 340 Å². The molecule has 1 aromatic heterocycles. The SMILES string of the molecule is CC(=O)N[C@@H](CCCCN)C(=O)N[C@H](C(=O)N[C@@H](C)C(=O)NCCCN(C(=O)CO)[C@@H](c1cc(-c2cc(F)ccc2F)cn1Cc1ccccc1)C(C)(C)C)C(C)C. The molecule has 15 heteroatoms. The van der Waals surface area contributed by atoms with Gasteiger partial charge in [-0.25, -0.2) is 8.78 Å². The maximum absolute atomic E-state index is 15.1. The summed E-state index contributed by atoms with van der Waals surface area (Å²) >= 11 is 0. The van der Waals surface area contributed by atoms with Crippen LogP contribution in [0.2, 0.25) is 0 Å². The van der Waals surface area contributed by atoms with Crippen molar-refractivity contribution >= 4 is 29.5 Å². The Morgan fingerprint density at radius 3 is 2.17 bits per heavy atom. The minimum Gasteiger partial charge on any atom is -0.387 e. The zero-order valence-electron chi connectivity index (χ0n) is 34.7. The maximum Gasteiger partial charge on any atom is 0.248 e. The van der Waals surface area contributed by atoms with Crippen LogP contribution in [0.25, 0.3) is 11.1 Å². The van der Waals surface area contributed by atoms with Crippen molar-refractivity contribution in [1.82, 2.24) is 30.7 Å². The topological polar surface area (TPSA) is 188 Å². The van der Waals surface area contributed by atoms with Crippen LogP contribution in [0.3, 0.4) is 0 Å². The number of nitrogens with zero attached hydrogens (tertiary/aromatic N) is 2. The smallest absolute Gasteiger partial charge is 0.248 e. The average Bonchev–Trinajstić information content (AvgIpc) is 3.56. The Morgan fingerprint density at radius 1 is 0.879 bits per heavy atom. The van der Waals surface area contributed by atoms with Gasteiger partial charge in [-0.2, -0.15) is 0 Å². The molecule has 3 rings (SSSR count). The summed E-state index contributed by atoms with van der Waals surface area (Å²) in [6, 6.07) is 11.1. The number of rotatable bonds is 21. The van der Waals surface area contributed by atoms with Crippen molar-refractivity contribution in [2.45, 2.75) is 105 Å². The highest BCUT2D eigenvalue weighted by Crippen LogP contribution is 2.41. The highest BCUT2D eigenvalue weighted by Gasteiger charge is 2.37. The second kappa shape index (κ2) is 22.1. The number of halogens is 2. The number of aliphatic hydroxyl groups excluding tert-OH is 1. The molecule has 0 aliphatic rings. The van der Waals surface area contributed by atoms with Crippen molar-refractivity contribution < 1.29 is 37.9 Å². The van der Waals surface area contributed by atoms with E-state index in [9.17, 15) is 33.5 Å². The molecule has 0 unspecified atom stereocenters. The number of unbranched alkanes of at least 4 members (excludes halogenated alkanes) is 1. The molecule has 0 aliphatic carbocycles. The zero-order chi connectivity index (χ0) is 43.2. The van der Waals surface area contributed by atoms with E-state index >= 15 is 4.39 Å². The molecule has 2 aromatic carbocycles. The van der Waals surface area contributed by atoms with Gasteiger partial charge in [-0.15, -0.1) is 0 Å². The molecule has 3 aromatic rings. The minimum absolute atomic E-state index is 0.0688. The molecule has 58 heavy (non-hydrogen) atoms. The van der Waals surface area contributed by atoms with E-state index in [0.717, 1.165) is 23.8 Å². The molecule has 0 spiro atoms. The maximum atomic E-state index is 15.1. The number of benzene rings is 2. The van der Waals surface area contributed by atoms with E-state index in [1.807, 2.05) is 55.7 Å². The third-order valence-electron chi connectivity index (χ3n) is 9.75. The van der Waals surface area contributed by atoms with E-state index in [-0.39, 0.29) is 36.9 Å². The fraction of sp³-hybridized carbons (Fsp3) is 0.512. The number of aromatic nitrogens is 1. The molecule has 0 fully saturated rings. The lowest BCUT2D eigenvalue weighted by Crippen LogP contribution is -2.57. The Morgan fingerprint density at radius 2 is 1.57 bits per heavy atom. The van der Waals surface area contributed by atoms with E-state index < -0.39 is 71.5 Å². The molecule has 7 N–H and O–H groups in total. The number of hydrogen-bond donors (Lipinski definition) is 6.